The third-order valence-corrected chi connectivity index (χ3v) is 4.41. The Morgan fingerprint density at radius 1 is 1.10 bits per heavy atom. The van der Waals surface area contributed by atoms with Gasteiger partial charge in [0.2, 0.25) is 0 Å². The molecule has 2 nitrogen and oxygen atoms in total. The van der Waals surface area contributed by atoms with Crippen LogP contribution in [-0.4, -0.2) is 17.0 Å². The fourth-order valence-electron chi connectivity index (χ4n) is 3.15. The molecule has 2 heteroatoms. The lowest BCUT2D eigenvalue weighted by Gasteiger charge is -2.28. The first-order valence-corrected chi connectivity index (χ1v) is 8.04. The van der Waals surface area contributed by atoms with Crippen LogP contribution in [0.25, 0.3) is 0 Å². The molecule has 0 saturated carbocycles. The summed E-state index contributed by atoms with van der Waals surface area (Å²) in [4.78, 5) is 12.2. The van der Waals surface area contributed by atoms with Gasteiger partial charge in [0.15, 0.2) is 5.78 Å². The van der Waals surface area contributed by atoms with Crippen LogP contribution in [0.4, 0.5) is 0 Å². The second-order valence-corrected chi connectivity index (χ2v) is 5.99. The third-order valence-electron chi connectivity index (χ3n) is 4.41. The summed E-state index contributed by atoms with van der Waals surface area (Å²) in [5, 5.41) is 10.2. The number of aliphatic hydroxyl groups is 1. The number of fused-ring (bicyclic) bond motifs is 1. The van der Waals surface area contributed by atoms with Crippen LogP contribution >= 0.6 is 0 Å². The van der Waals surface area contributed by atoms with Gasteiger partial charge in [0, 0.05) is 5.56 Å². The Bertz CT molecular complexity index is 439. The number of unbranched alkanes of at least 4 members (excludes halogenated alkanes) is 5. The highest BCUT2D eigenvalue weighted by Crippen LogP contribution is 2.29. The van der Waals surface area contributed by atoms with Crippen molar-refractivity contribution in [2.24, 2.45) is 5.92 Å². The van der Waals surface area contributed by atoms with E-state index in [9.17, 15) is 9.90 Å². The first-order valence-electron chi connectivity index (χ1n) is 8.04. The Morgan fingerprint density at radius 3 is 2.60 bits per heavy atom. The molecule has 2 rings (SSSR count). The minimum Gasteiger partial charge on any atom is -0.385 e. The molecule has 20 heavy (non-hydrogen) atoms. The van der Waals surface area contributed by atoms with Crippen LogP contribution in [-0.2, 0) is 6.42 Å². The van der Waals surface area contributed by atoms with Crippen LogP contribution < -0.4 is 0 Å². The Balaban J connectivity index is 1.83. The van der Waals surface area contributed by atoms with E-state index < -0.39 is 6.10 Å². The number of hydrogen-bond acceptors (Lipinski definition) is 2. The molecule has 1 aromatic carbocycles. The smallest absolute Gasteiger partial charge is 0.191 e. The Kier molecular flexibility index (Phi) is 5.78. The van der Waals surface area contributed by atoms with E-state index >= 15 is 0 Å². The van der Waals surface area contributed by atoms with Crippen molar-refractivity contribution >= 4 is 5.78 Å². The van der Waals surface area contributed by atoms with E-state index in [0.717, 1.165) is 30.4 Å². The summed E-state index contributed by atoms with van der Waals surface area (Å²) < 4.78 is 0. The molecular weight excluding hydrogens is 248 g/mol. The van der Waals surface area contributed by atoms with Gasteiger partial charge in [0.25, 0.3) is 0 Å². The fraction of sp³-hybridized carbons (Fsp3) is 0.611. The summed E-state index contributed by atoms with van der Waals surface area (Å²) in [6.07, 6.45) is 8.54. The average molecular weight is 274 g/mol. The van der Waals surface area contributed by atoms with E-state index in [0.29, 0.717) is 0 Å². The van der Waals surface area contributed by atoms with Crippen LogP contribution in [0.5, 0.6) is 0 Å². The summed E-state index contributed by atoms with van der Waals surface area (Å²) in [7, 11) is 0. The maximum atomic E-state index is 12.2. The van der Waals surface area contributed by atoms with E-state index in [2.05, 4.69) is 6.92 Å². The zero-order chi connectivity index (χ0) is 14.4. The molecule has 0 radical (unpaired) electrons. The third kappa shape index (κ3) is 3.69. The second-order valence-electron chi connectivity index (χ2n) is 5.99. The zero-order valence-corrected chi connectivity index (χ0v) is 12.5. The number of aliphatic hydroxyl groups excluding tert-OH is 1. The molecule has 0 heterocycles. The molecule has 0 aromatic heterocycles. The molecule has 1 N–H and O–H groups in total. The number of rotatable bonds is 7. The van der Waals surface area contributed by atoms with Crippen LogP contribution in [0.1, 0.15) is 67.8 Å². The summed E-state index contributed by atoms with van der Waals surface area (Å²) in [5.74, 6) is 0.0337. The molecule has 0 saturated heterocycles. The normalized spacial score (nSPS) is 21.8. The minimum atomic E-state index is -0.791. The van der Waals surface area contributed by atoms with E-state index in [1.165, 1.54) is 32.1 Å². The number of hydrogen-bond donors (Lipinski definition) is 1. The Labute approximate surface area is 122 Å². The molecule has 1 aromatic rings. The average Bonchev–Trinajstić information content (AvgIpc) is 2.47. The number of carbonyl (C=O) groups is 1. The van der Waals surface area contributed by atoms with Crippen molar-refractivity contribution in [3.05, 3.63) is 35.4 Å². The van der Waals surface area contributed by atoms with Gasteiger partial charge in [-0.2, -0.15) is 0 Å². The number of ketones is 1. The summed E-state index contributed by atoms with van der Waals surface area (Å²) in [6.45, 7) is 2.22. The van der Waals surface area contributed by atoms with E-state index in [4.69, 9.17) is 0 Å². The van der Waals surface area contributed by atoms with Crippen molar-refractivity contribution in [2.45, 2.75) is 64.4 Å². The van der Waals surface area contributed by atoms with Crippen molar-refractivity contribution in [3.8, 4) is 0 Å². The van der Waals surface area contributed by atoms with Gasteiger partial charge in [-0.1, -0.05) is 69.7 Å². The number of carbonyl (C=O) groups excluding carboxylic acids is 1. The molecule has 0 spiro atoms. The van der Waals surface area contributed by atoms with Crippen molar-refractivity contribution in [2.75, 3.05) is 0 Å². The molecule has 2 atom stereocenters. The van der Waals surface area contributed by atoms with Gasteiger partial charge in [-0.05, 0) is 24.3 Å². The van der Waals surface area contributed by atoms with Crippen molar-refractivity contribution in [1.29, 1.82) is 0 Å². The predicted molar refractivity (Wildman–Crippen MR) is 82.0 cm³/mol. The standard InChI is InChI=1S/C18H26O2/c1-2-3-4-5-6-7-11-15-13-14-10-8-9-12-16(14)18(20)17(15)19/h8-10,12,15,17,19H,2-7,11,13H2,1H3. The first kappa shape index (κ1) is 15.2. The largest absolute Gasteiger partial charge is 0.385 e. The first-order chi connectivity index (χ1) is 9.74. The van der Waals surface area contributed by atoms with E-state index in [1.54, 1.807) is 0 Å². The van der Waals surface area contributed by atoms with Gasteiger partial charge in [-0.3, -0.25) is 4.79 Å². The van der Waals surface area contributed by atoms with Gasteiger partial charge in [0.05, 0.1) is 0 Å². The fourth-order valence-corrected chi connectivity index (χ4v) is 3.15. The van der Waals surface area contributed by atoms with Gasteiger partial charge in [-0.25, -0.2) is 0 Å². The molecule has 0 bridgehead atoms. The van der Waals surface area contributed by atoms with Gasteiger partial charge < -0.3 is 5.11 Å². The maximum absolute atomic E-state index is 12.2. The van der Waals surface area contributed by atoms with Crippen molar-refractivity contribution < 1.29 is 9.90 Å². The lowest BCUT2D eigenvalue weighted by Crippen LogP contribution is -2.36. The lowest BCUT2D eigenvalue weighted by atomic mass is 9.78. The zero-order valence-electron chi connectivity index (χ0n) is 12.5. The van der Waals surface area contributed by atoms with Crippen LogP contribution in [0, 0.1) is 5.92 Å². The monoisotopic (exact) mass is 274 g/mol. The molecule has 0 aliphatic heterocycles. The quantitative estimate of drug-likeness (QED) is 0.758. The van der Waals surface area contributed by atoms with Crippen molar-refractivity contribution in [1.82, 2.24) is 0 Å². The molecule has 0 amide bonds. The summed E-state index contributed by atoms with van der Waals surface area (Å²) in [5.41, 5.74) is 1.83. The highest BCUT2D eigenvalue weighted by atomic mass is 16.3. The molecular formula is C18H26O2. The number of Topliss-reactive ketones (excluding diaryl/α,β-unsaturated/α-hetero) is 1. The predicted octanol–water partition coefficient (Wildman–Crippen LogP) is 4.15. The highest BCUT2D eigenvalue weighted by molar-refractivity contribution is 6.01. The van der Waals surface area contributed by atoms with E-state index in [-0.39, 0.29) is 11.7 Å². The molecule has 2 unspecified atom stereocenters. The summed E-state index contributed by atoms with van der Waals surface area (Å²) >= 11 is 0. The van der Waals surface area contributed by atoms with Crippen molar-refractivity contribution in [3.63, 3.8) is 0 Å². The van der Waals surface area contributed by atoms with Crippen LogP contribution in [0.2, 0.25) is 0 Å². The Morgan fingerprint density at radius 2 is 1.80 bits per heavy atom. The van der Waals surface area contributed by atoms with Gasteiger partial charge >= 0.3 is 0 Å². The topological polar surface area (TPSA) is 37.3 Å². The Hall–Kier alpha value is -1.15. The highest BCUT2D eigenvalue weighted by Gasteiger charge is 2.33. The van der Waals surface area contributed by atoms with Gasteiger partial charge in [0.1, 0.15) is 6.10 Å². The number of benzene rings is 1. The summed E-state index contributed by atoms with van der Waals surface area (Å²) in [6, 6.07) is 7.71. The molecule has 1 aliphatic rings. The van der Waals surface area contributed by atoms with E-state index in [1.807, 2.05) is 24.3 Å². The maximum Gasteiger partial charge on any atom is 0.191 e. The van der Waals surface area contributed by atoms with Gasteiger partial charge in [-0.15, -0.1) is 0 Å². The molecule has 1 aliphatic carbocycles. The SMILES string of the molecule is CCCCCCCCC1Cc2ccccc2C(=O)C1O. The van der Waals surface area contributed by atoms with Crippen LogP contribution in [0.15, 0.2) is 24.3 Å². The molecule has 0 fully saturated rings. The second kappa shape index (κ2) is 7.58. The lowest BCUT2D eigenvalue weighted by molar-refractivity contribution is 0.0550. The minimum absolute atomic E-state index is 0.0807. The van der Waals surface area contributed by atoms with Crippen LogP contribution in [0.3, 0.4) is 0 Å². The molecule has 110 valence electrons.